The molecule has 1 saturated heterocycles. The van der Waals surface area contributed by atoms with Gasteiger partial charge in [0.1, 0.15) is 16.8 Å². The van der Waals surface area contributed by atoms with E-state index in [4.69, 9.17) is 14.2 Å². The van der Waals surface area contributed by atoms with Gasteiger partial charge >= 0.3 is 18.4 Å². The molecular formula is C25H39BrN2O7. The Morgan fingerprint density at radius 2 is 1.09 bits per heavy atom. The summed E-state index contributed by atoms with van der Waals surface area (Å²) >= 11 is 3.44. The predicted molar refractivity (Wildman–Crippen MR) is 138 cm³/mol. The summed E-state index contributed by atoms with van der Waals surface area (Å²) in [4.78, 5) is 38.1. The molecule has 1 fully saturated rings. The number of rotatable bonds is 1. The molecule has 10 heteroatoms. The fourth-order valence-corrected chi connectivity index (χ4v) is 3.00. The van der Waals surface area contributed by atoms with E-state index >= 15 is 0 Å². The fourth-order valence-electron chi connectivity index (χ4n) is 2.74. The quantitative estimate of drug-likeness (QED) is 0.222. The van der Waals surface area contributed by atoms with Crippen LogP contribution >= 0.6 is 15.9 Å². The highest BCUT2D eigenvalue weighted by Gasteiger charge is 2.26. The summed E-state index contributed by atoms with van der Waals surface area (Å²) in [5.74, 6) is 0. The molecule has 0 N–H and O–H groups in total. The van der Waals surface area contributed by atoms with Gasteiger partial charge in [-0.25, -0.2) is 14.4 Å². The van der Waals surface area contributed by atoms with Gasteiger partial charge in [0.25, 0.3) is 0 Å². The van der Waals surface area contributed by atoms with Gasteiger partial charge < -0.3 is 28.7 Å². The molecule has 0 aliphatic carbocycles. The minimum absolute atomic E-state index is 0.215. The highest BCUT2D eigenvalue weighted by molar-refractivity contribution is 9.10. The van der Waals surface area contributed by atoms with E-state index < -0.39 is 29.1 Å². The number of halogens is 1. The second-order valence-corrected chi connectivity index (χ2v) is 11.9. The molecular weight excluding hydrogens is 520 g/mol. The van der Waals surface area contributed by atoms with Crippen LogP contribution < -0.4 is 4.90 Å². The average Bonchev–Trinajstić information content (AvgIpc) is 2.64. The topological polar surface area (TPSA) is 94.6 Å². The molecule has 0 bridgehead atoms. The van der Waals surface area contributed by atoms with Crippen LogP contribution in [0, 0.1) is 0 Å². The number of hydrogen-bond donors (Lipinski definition) is 0. The first-order valence-corrected chi connectivity index (χ1v) is 12.3. The highest BCUT2D eigenvalue weighted by Crippen LogP contribution is 2.20. The Balaban J connectivity index is 0.000000367. The summed E-state index contributed by atoms with van der Waals surface area (Å²) in [6.45, 7) is 18.8. The van der Waals surface area contributed by atoms with Crippen molar-refractivity contribution in [1.82, 2.24) is 4.90 Å². The highest BCUT2D eigenvalue weighted by atomic mass is 79.9. The molecule has 1 aliphatic rings. The molecule has 9 nitrogen and oxygen atoms in total. The number of benzene rings is 1. The second kappa shape index (κ2) is 12.5. The van der Waals surface area contributed by atoms with Crippen molar-refractivity contribution in [2.24, 2.45) is 0 Å². The van der Waals surface area contributed by atoms with Crippen molar-refractivity contribution in [3.63, 3.8) is 0 Å². The summed E-state index contributed by atoms with van der Waals surface area (Å²) in [6, 6.07) is 8.26. The van der Waals surface area contributed by atoms with Crippen LogP contribution in [0.2, 0.25) is 0 Å². The first-order chi connectivity index (χ1) is 15.8. The van der Waals surface area contributed by atoms with Gasteiger partial charge in [0, 0.05) is 36.3 Å². The Hall–Kier alpha value is -2.49. The molecule has 0 unspecified atom stereocenters. The maximum absolute atomic E-state index is 12.0. The molecule has 2 rings (SSSR count). The molecule has 1 aliphatic heterocycles. The number of carbonyl (C=O) groups is 3. The molecule has 1 amide bonds. The third kappa shape index (κ3) is 13.9. The predicted octanol–water partition coefficient (Wildman–Crippen LogP) is 6.38. The van der Waals surface area contributed by atoms with Crippen molar-refractivity contribution in [2.75, 3.05) is 31.1 Å². The van der Waals surface area contributed by atoms with Crippen LogP contribution in [-0.4, -0.2) is 66.3 Å². The zero-order valence-electron chi connectivity index (χ0n) is 22.3. The number of piperazine rings is 1. The van der Waals surface area contributed by atoms with Crippen molar-refractivity contribution in [3.05, 3.63) is 28.7 Å². The molecule has 0 atom stereocenters. The van der Waals surface area contributed by atoms with Gasteiger partial charge in [-0.3, -0.25) is 0 Å². The lowest BCUT2D eigenvalue weighted by atomic mass is 10.2. The van der Waals surface area contributed by atoms with Crippen LogP contribution in [0.4, 0.5) is 20.1 Å². The SMILES string of the molecule is CC(C)(C)OC(=O)N1CCN(c2ccc(Br)cc2)CC1.CC(C)(C)OC(=O)OC(=O)OC(C)(C)C. The van der Waals surface area contributed by atoms with Crippen LogP contribution in [0.5, 0.6) is 0 Å². The van der Waals surface area contributed by atoms with Crippen molar-refractivity contribution >= 4 is 40.0 Å². The van der Waals surface area contributed by atoms with Crippen LogP contribution in [0.3, 0.4) is 0 Å². The van der Waals surface area contributed by atoms with Crippen molar-refractivity contribution in [1.29, 1.82) is 0 Å². The summed E-state index contributed by atoms with van der Waals surface area (Å²) in [5, 5.41) is 0. The second-order valence-electron chi connectivity index (χ2n) is 11.0. The van der Waals surface area contributed by atoms with Gasteiger partial charge in [0.2, 0.25) is 0 Å². The summed E-state index contributed by atoms with van der Waals surface area (Å²) < 4.78 is 20.3. The first kappa shape index (κ1) is 30.5. The molecule has 0 spiro atoms. The van der Waals surface area contributed by atoms with Gasteiger partial charge in [-0.2, -0.15) is 0 Å². The van der Waals surface area contributed by atoms with Gasteiger partial charge in [-0.1, -0.05) is 15.9 Å². The summed E-state index contributed by atoms with van der Waals surface area (Å²) in [6.07, 6.45) is -2.33. The molecule has 35 heavy (non-hydrogen) atoms. The van der Waals surface area contributed by atoms with E-state index in [1.807, 2.05) is 32.9 Å². The number of amides is 1. The third-order valence-electron chi connectivity index (χ3n) is 4.07. The largest absolute Gasteiger partial charge is 0.519 e. The first-order valence-electron chi connectivity index (χ1n) is 11.5. The van der Waals surface area contributed by atoms with Crippen LogP contribution in [0.15, 0.2) is 28.7 Å². The van der Waals surface area contributed by atoms with E-state index in [0.29, 0.717) is 13.1 Å². The minimum Gasteiger partial charge on any atom is -0.444 e. The van der Waals surface area contributed by atoms with Crippen molar-refractivity contribution < 1.29 is 33.3 Å². The molecule has 0 radical (unpaired) electrons. The maximum Gasteiger partial charge on any atom is 0.519 e. The molecule has 0 aromatic heterocycles. The number of carbonyl (C=O) groups excluding carboxylic acids is 3. The van der Waals surface area contributed by atoms with E-state index in [1.54, 1.807) is 46.4 Å². The summed E-state index contributed by atoms with van der Waals surface area (Å²) in [5.41, 5.74) is -0.630. The molecule has 1 aromatic rings. The standard InChI is InChI=1S/C15H21BrN2O2.C10H18O5/c1-15(2,3)20-14(19)18-10-8-17(9-11-18)13-6-4-12(16)5-7-13;1-9(2,3)14-7(11)13-8(12)15-10(4,5)6/h4-7H,8-11H2,1-3H3;1-6H3. The zero-order chi connectivity index (χ0) is 27.0. The van der Waals surface area contributed by atoms with Crippen LogP contribution in [0.25, 0.3) is 0 Å². The average molecular weight is 559 g/mol. The maximum atomic E-state index is 12.0. The minimum atomic E-state index is -1.06. The smallest absolute Gasteiger partial charge is 0.444 e. The Bertz CT molecular complexity index is 819. The van der Waals surface area contributed by atoms with Gasteiger partial charge in [0.15, 0.2) is 0 Å². The number of nitrogens with zero attached hydrogens (tertiary/aromatic N) is 2. The van der Waals surface area contributed by atoms with E-state index in [2.05, 4.69) is 37.7 Å². The number of anilines is 1. The number of hydrogen-bond acceptors (Lipinski definition) is 8. The van der Waals surface area contributed by atoms with Crippen molar-refractivity contribution in [2.45, 2.75) is 79.1 Å². The Morgan fingerprint density at radius 1 is 0.686 bits per heavy atom. The molecule has 198 valence electrons. The third-order valence-corrected chi connectivity index (χ3v) is 4.60. The summed E-state index contributed by atoms with van der Waals surface area (Å²) in [7, 11) is 0. The molecule has 1 aromatic carbocycles. The monoisotopic (exact) mass is 558 g/mol. The Kier molecular flexibility index (Phi) is 10.9. The van der Waals surface area contributed by atoms with Crippen molar-refractivity contribution in [3.8, 4) is 0 Å². The lowest BCUT2D eigenvalue weighted by molar-refractivity contribution is -0.0294. The zero-order valence-corrected chi connectivity index (χ0v) is 23.9. The Labute approximate surface area is 217 Å². The lowest BCUT2D eigenvalue weighted by Gasteiger charge is -2.36. The van der Waals surface area contributed by atoms with E-state index in [9.17, 15) is 14.4 Å². The molecule has 1 heterocycles. The normalized spacial score (nSPS) is 14.3. The van der Waals surface area contributed by atoms with Crippen LogP contribution in [0.1, 0.15) is 62.3 Å². The van der Waals surface area contributed by atoms with Gasteiger partial charge in [0.05, 0.1) is 0 Å². The Morgan fingerprint density at radius 3 is 1.46 bits per heavy atom. The van der Waals surface area contributed by atoms with E-state index in [0.717, 1.165) is 17.6 Å². The number of ether oxygens (including phenoxy) is 4. The molecule has 0 saturated carbocycles. The lowest BCUT2D eigenvalue weighted by Crippen LogP contribution is -2.50. The van der Waals surface area contributed by atoms with Gasteiger partial charge in [-0.15, -0.1) is 0 Å². The van der Waals surface area contributed by atoms with Gasteiger partial charge in [-0.05, 0) is 86.6 Å². The van der Waals surface area contributed by atoms with Crippen LogP contribution in [-0.2, 0) is 18.9 Å². The van der Waals surface area contributed by atoms with E-state index in [1.165, 1.54) is 5.69 Å². The van der Waals surface area contributed by atoms with E-state index in [-0.39, 0.29) is 6.09 Å². The fraction of sp³-hybridized carbons (Fsp3) is 0.640.